The van der Waals surface area contributed by atoms with E-state index in [0.29, 0.717) is 11.5 Å². The molecule has 0 saturated heterocycles. The van der Waals surface area contributed by atoms with Gasteiger partial charge in [-0.3, -0.25) is 4.90 Å². The Bertz CT molecular complexity index is 213. The highest BCUT2D eigenvalue weighted by Gasteiger charge is 2.31. The largest absolute Gasteiger partial charge is 0.329 e. The summed E-state index contributed by atoms with van der Waals surface area (Å²) in [5.41, 5.74) is 6.50. The van der Waals surface area contributed by atoms with E-state index in [-0.39, 0.29) is 0 Å². The van der Waals surface area contributed by atoms with Crippen molar-refractivity contribution in [3.8, 4) is 0 Å². The van der Waals surface area contributed by atoms with Gasteiger partial charge in [-0.2, -0.15) is 0 Å². The average Bonchev–Trinajstić information content (AvgIpc) is 2.24. The predicted molar refractivity (Wildman–Crippen MR) is 76.1 cm³/mol. The van der Waals surface area contributed by atoms with Crippen LogP contribution in [0.25, 0.3) is 0 Å². The van der Waals surface area contributed by atoms with Crippen molar-refractivity contribution in [2.45, 2.75) is 71.9 Å². The molecule has 0 aromatic carbocycles. The molecule has 1 saturated carbocycles. The molecule has 0 aliphatic heterocycles. The lowest BCUT2D eigenvalue weighted by Gasteiger charge is -2.42. The lowest BCUT2D eigenvalue weighted by atomic mass is 9.75. The van der Waals surface area contributed by atoms with E-state index in [1.54, 1.807) is 0 Å². The third-order valence-corrected chi connectivity index (χ3v) is 4.48. The monoisotopic (exact) mass is 240 g/mol. The van der Waals surface area contributed by atoms with Gasteiger partial charge in [0.25, 0.3) is 0 Å². The number of nitrogens with two attached hydrogens (primary N) is 1. The molecule has 1 unspecified atom stereocenters. The Morgan fingerprint density at radius 2 is 1.76 bits per heavy atom. The second kappa shape index (κ2) is 6.19. The molecule has 1 fully saturated rings. The molecule has 1 aliphatic rings. The summed E-state index contributed by atoms with van der Waals surface area (Å²) in [6, 6.07) is 1.33. The summed E-state index contributed by atoms with van der Waals surface area (Å²) in [6.07, 6.45) is 6.64. The highest BCUT2D eigenvalue weighted by Crippen LogP contribution is 2.37. The van der Waals surface area contributed by atoms with Crippen molar-refractivity contribution in [1.29, 1.82) is 0 Å². The molecule has 2 heteroatoms. The van der Waals surface area contributed by atoms with E-state index in [4.69, 9.17) is 5.73 Å². The van der Waals surface area contributed by atoms with Crippen LogP contribution in [0, 0.1) is 11.3 Å². The Morgan fingerprint density at radius 3 is 2.18 bits per heavy atom. The molecule has 1 aliphatic carbocycles. The number of hydrogen-bond donors (Lipinski definition) is 1. The summed E-state index contributed by atoms with van der Waals surface area (Å²) in [6.45, 7) is 10.2. The lowest BCUT2D eigenvalue weighted by Crippen LogP contribution is -2.47. The van der Waals surface area contributed by atoms with Gasteiger partial charge in [-0.1, -0.05) is 27.7 Å². The molecule has 0 aromatic rings. The Balaban J connectivity index is 2.48. The Kier molecular flexibility index (Phi) is 5.46. The van der Waals surface area contributed by atoms with Crippen LogP contribution < -0.4 is 5.73 Å². The minimum Gasteiger partial charge on any atom is -0.329 e. The molecular weight excluding hydrogens is 208 g/mol. The normalized spacial score (nSPS) is 23.3. The van der Waals surface area contributed by atoms with Crippen molar-refractivity contribution in [2.75, 3.05) is 13.6 Å². The van der Waals surface area contributed by atoms with E-state index in [1.165, 1.54) is 32.1 Å². The van der Waals surface area contributed by atoms with Crippen LogP contribution in [0.2, 0.25) is 0 Å². The van der Waals surface area contributed by atoms with Crippen LogP contribution in [0.5, 0.6) is 0 Å². The average molecular weight is 240 g/mol. The molecule has 102 valence electrons. The van der Waals surface area contributed by atoms with E-state index in [2.05, 4.69) is 39.6 Å². The fraction of sp³-hybridized carbons (Fsp3) is 1.00. The molecule has 0 heterocycles. The minimum atomic E-state index is 0.563. The van der Waals surface area contributed by atoms with Crippen molar-refractivity contribution in [3.63, 3.8) is 0 Å². The second-order valence-electron chi connectivity index (χ2n) is 7.08. The van der Waals surface area contributed by atoms with Crippen molar-refractivity contribution in [3.05, 3.63) is 0 Å². The molecule has 0 bridgehead atoms. The summed E-state index contributed by atoms with van der Waals surface area (Å²) in [4.78, 5) is 2.56. The van der Waals surface area contributed by atoms with Crippen LogP contribution >= 0.6 is 0 Å². The maximum atomic E-state index is 5.94. The van der Waals surface area contributed by atoms with Crippen molar-refractivity contribution in [1.82, 2.24) is 4.90 Å². The van der Waals surface area contributed by atoms with Crippen molar-refractivity contribution < 1.29 is 0 Å². The van der Waals surface area contributed by atoms with Crippen LogP contribution in [0.15, 0.2) is 0 Å². The van der Waals surface area contributed by atoms with Crippen LogP contribution in [-0.4, -0.2) is 30.6 Å². The van der Waals surface area contributed by atoms with Gasteiger partial charge >= 0.3 is 0 Å². The Labute approximate surface area is 108 Å². The molecule has 0 amide bonds. The van der Waals surface area contributed by atoms with Crippen LogP contribution in [0.3, 0.4) is 0 Å². The minimum absolute atomic E-state index is 0.563. The fourth-order valence-electron chi connectivity index (χ4n) is 3.06. The molecule has 0 radical (unpaired) electrons. The third kappa shape index (κ3) is 4.59. The first-order valence-electron chi connectivity index (χ1n) is 7.27. The molecule has 2 N–H and O–H groups in total. The predicted octanol–water partition coefficient (Wildman–Crippen LogP) is 3.26. The Morgan fingerprint density at radius 1 is 1.24 bits per heavy atom. The molecule has 2 nitrogen and oxygen atoms in total. The number of likely N-dealkylation sites (N-methyl/N-ethyl adjacent to an activating group) is 1. The lowest BCUT2D eigenvalue weighted by molar-refractivity contribution is 0.0884. The van der Waals surface area contributed by atoms with Gasteiger partial charge in [0.2, 0.25) is 0 Å². The number of hydrogen-bond acceptors (Lipinski definition) is 2. The van der Waals surface area contributed by atoms with Gasteiger partial charge in [-0.25, -0.2) is 0 Å². The van der Waals surface area contributed by atoms with Gasteiger partial charge in [-0.15, -0.1) is 0 Å². The van der Waals surface area contributed by atoms with E-state index in [0.717, 1.165) is 18.5 Å². The number of nitrogens with zero attached hydrogens (tertiary/aromatic N) is 1. The molecular formula is C15H32N2. The zero-order valence-corrected chi connectivity index (χ0v) is 12.5. The fourth-order valence-corrected chi connectivity index (χ4v) is 3.06. The first kappa shape index (κ1) is 15.0. The highest BCUT2D eigenvalue weighted by atomic mass is 15.2. The second-order valence-corrected chi connectivity index (χ2v) is 7.08. The zero-order chi connectivity index (χ0) is 13.1. The van der Waals surface area contributed by atoms with E-state index >= 15 is 0 Å². The van der Waals surface area contributed by atoms with E-state index in [1.807, 2.05) is 0 Å². The maximum Gasteiger partial charge on any atom is 0.0220 e. The molecule has 17 heavy (non-hydrogen) atoms. The van der Waals surface area contributed by atoms with Gasteiger partial charge in [0, 0.05) is 18.6 Å². The molecule has 1 rings (SSSR count). The van der Waals surface area contributed by atoms with E-state index < -0.39 is 0 Å². The third-order valence-electron chi connectivity index (χ3n) is 4.48. The van der Waals surface area contributed by atoms with Gasteiger partial charge in [0.05, 0.1) is 0 Å². The van der Waals surface area contributed by atoms with Crippen LogP contribution in [-0.2, 0) is 0 Å². The van der Waals surface area contributed by atoms with Crippen LogP contribution in [0.4, 0.5) is 0 Å². The summed E-state index contributed by atoms with van der Waals surface area (Å²) >= 11 is 0. The van der Waals surface area contributed by atoms with Gasteiger partial charge in [0.15, 0.2) is 0 Å². The van der Waals surface area contributed by atoms with Gasteiger partial charge in [0.1, 0.15) is 0 Å². The first-order valence-corrected chi connectivity index (χ1v) is 7.27. The Hall–Kier alpha value is -0.0800. The molecule has 1 atom stereocenters. The summed E-state index contributed by atoms with van der Waals surface area (Å²) in [5, 5.41) is 0. The van der Waals surface area contributed by atoms with Gasteiger partial charge in [-0.05, 0) is 50.5 Å². The standard InChI is InChI=1S/C15H32N2/c1-12(2)10-14(11-16)17(5)13-6-8-15(3,4)9-7-13/h12-14H,6-11,16H2,1-5H3. The smallest absolute Gasteiger partial charge is 0.0220 e. The quantitative estimate of drug-likeness (QED) is 0.799. The summed E-state index contributed by atoms with van der Waals surface area (Å²) < 4.78 is 0. The number of rotatable bonds is 5. The summed E-state index contributed by atoms with van der Waals surface area (Å²) in [7, 11) is 2.28. The topological polar surface area (TPSA) is 29.3 Å². The zero-order valence-electron chi connectivity index (χ0n) is 12.5. The van der Waals surface area contributed by atoms with Crippen molar-refractivity contribution in [2.24, 2.45) is 17.1 Å². The van der Waals surface area contributed by atoms with E-state index in [9.17, 15) is 0 Å². The van der Waals surface area contributed by atoms with Gasteiger partial charge < -0.3 is 5.73 Å². The highest BCUT2D eigenvalue weighted by molar-refractivity contribution is 4.86. The summed E-state index contributed by atoms with van der Waals surface area (Å²) in [5.74, 6) is 0.742. The first-order chi connectivity index (χ1) is 7.85. The molecule has 0 aromatic heterocycles. The SMILES string of the molecule is CC(C)CC(CN)N(C)C1CCC(C)(C)CC1. The van der Waals surface area contributed by atoms with Crippen molar-refractivity contribution >= 4 is 0 Å². The van der Waals surface area contributed by atoms with Crippen LogP contribution in [0.1, 0.15) is 59.8 Å². The molecule has 0 spiro atoms. The maximum absolute atomic E-state index is 5.94.